The highest BCUT2D eigenvalue weighted by molar-refractivity contribution is 8.26. The standard InChI is InChI=1S/C21H16F2N4O3S2/c22-14-3-6-16(17(23)8-14)21(29,9-27-12-24-11-25-27)10-30-15-4-1-13(2-5-15)7-18-19(28)26-20(31)32-18/h1-8,11-12,29H,9-10H2,(H,26,28,31)/b18-7-. The fourth-order valence-electron chi connectivity index (χ4n) is 3.09. The van der Waals surface area contributed by atoms with Crippen LogP contribution in [0.5, 0.6) is 5.75 Å². The summed E-state index contributed by atoms with van der Waals surface area (Å²) in [6, 6.07) is 9.70. The van der Waals surface area contributed by atoms with Crippen molar-refractivity contribution >= 4 is 40.3 Å². The zero-order valence-corrected chi connectivity index (χ0v) is 18.0. The van der Waals surface area contributed by atoms with Crippen molar-refractivity contribution in [2.24, 2.45) is 0 Å². The molecule has 7 nitrogen and oxygen atoms in total. The van der Waals surface area contributed by atoms with Crippen LogP contribution in [0, 0.1) is 11.6 Å². The van der Waals surface area contributed by atoms with Gasteiger partial charge in [-0.1, -0.05) is 42.2 Å². The van der Waals surface area contributed by atoms with E-state index in [2.05, 4.69) is 15.4 Å². The van der Waals surface area contributed by atoms with Crippen LogP contribution in [0.2, 0.25) is 0 Å². The van der Waals surface area contributed by atoms with E-state index in [4.69, 9.17) is 17.0 Å². The lowest BCUT2D eigenvalue weighted by atomic mass is 9.94. The highest BCUT2D eigenvalue weighted by atomic mass is 32.2. The van der Waals surface area contributed by atoms with Crippen LogP contribution in [0.3, 0.4) is 0 Å². The van der Waals surface area contributed by atoms with E-state index in [0.29, 0.717) is 21.0 Å². The maximum absolute atomic E-state index is 14.5. The largest absolute Gasteiger partial charge is 0.490 e. The number of nitrogens with zero attached hydrogens (tertiary/aromatic N) is 3. The van der Waals surface area contributed by atoms with E-state index in [9.17, 15) is 18.7 Å². The highest BCUT2D eigenvalue weighted by Crippen LogP contribution is 2.29. The number of halogens is 2. The third kappa shape index (κ3) is 5.01. The fraction of sp³-hybridized carbons (Fsp3) is 0.143. The number of aliphatic hydroxyl groups is 1. The summed E-state index contributed by atoms with van der Waals surface area (Å²) in [5.74, 6) is -1.50. The summed E-state index contributed by atoms with van der Waals surface area (Å²) in [5.41, 5.74) is -1.22. The Morgan fingerprint density at radius 1 is 1.25 bits per heavy atom. The van der Waals surface area contributed by atoms with E-state index in [0.717, 1.165) is 11.6 Å². The lowest BCUT2D eigenvalue weighted by Crippen LogP contribution is -2.39. The molecular formula is C21H16F2N4O3S2. The monoisotopic (exact) mass is 474 g/mol. The molecule has 0 aliphatic carbocycles. The highest BCUT2D eigenvalue weighted by Gasteiger charge is 2.34. The van der Waals surface area contributed by atoms with Crippen LogP contribution in [-0.4, -0.2) is 36.7 Å². The number of nitrogens with one attached hydrogen (secondary N) is 1. The number of thioether (sulfide) groups is 1. The van der Waals surface area contributed by atoms with Crippen LogP contribution in [0.25, 0.3) is 6.08 Å². The number of aromatic nitrogens is 3. The molecule has 1 aromatic heterocycles. The molecule has 0 radical (unpaired) electrons. The number of carbonyl (C=O) groups excluding carboxylic acids is 1. The minimum Gasteiger partial charge on any atom is -0.490 e. The van der Waals surface area contributed by atoms with Gasteiger partial charge < -0.3 is 15.2 Å². The first-order chi connectivity index (χ1) is 15.3. The molecule has 4 rings (SSSR count). The van der Waals surface area contributed by atoms with Crippen molar-refractivity contribution in [1.82, 2.24) is 20.1 Å². The Hall–Kier alpha value is -3.15. The molecule has 11 heteroatoms. The third-order valence-electron chi connectivity index (χ3n) is 4.62. The SMILES string of the molecule is O=C1NC(=S)S/C1=C\c1ccc(OCC(O)(Cn2cncn2)c2ccc(F)cc2F)cc1. The second-order valence-corrected chi connectivity index (χ2v) is 8.68. The number of benzene rings is 2. The minimum absolute atomic E-state index is 0.129. The van der Waals surface area contributed by atoms with E-state index in [1.54, 1.807) is 30.3 Å². The Balaban J connectivity index is 1.52. The van der Waals surface area contributed by atoms with Crippen molar-refractivity contribution in [3.8, 4) is 5.75 Å². The van der Waals surface area contributed by atoms with Crippen molar-refractivity contribution in [2.75, 3.05) is 6.61 Å². The number of amides is 1. The molecule has 1 saturated heterocycles. The van der Waals surface area contributed by atoms with Crippen LogP contribution >= 0.6 is 24.0 Å². The second-order valence-electron chi connectivity index (χ2n) is 6.96. The molecule has 1 unspecified atom stereocenters. The van der Waals surface area contributed by atoms with Gasteiger partial charge in [0.15, 0.2) is 0 Å². The zero-order valence-electron chi connectivity index (χ0n) is 16.4. The summed E-state index contributed by atoms with van der Waals surface area (Å²) in [4.78, 5) is 16.1. The van der Waals surface area contributed by atoms with Gasteiger partial charge >= 0.3 is 0 Å². The van der Waals surface area contributed by atoms with E-state index in [1.165, 1.54) is 35.2 Å². The summed E-state index contributed by atoms with van der Waals surface area (Å²) in [6.45, 7) is -0.492. The van der Waals surface area contributed by atoms with Gasteiger partial charge in [0, 0.05) is 11.6 Å². The zero-order chi connectivity index (χ0) is 22.7. The van der Waals surface area contributed by atoms with E-state index < -0.39 is 17.2 Å². The predicted octanol–water partition coefficient (Wildman–Crippen LogP) is 3.01. The summed E-state index contributed by atoms with van der Waals surface area (Å²) in [5, 5.41) is 17.7. The van der Waals surface area contributed by atoms with Crippen molar-refractivity contribution < 1.29 is 23.4 Å². The van der Waals surface area contributed by atoms with Crippen LogP contribution in [0.1, 0.15) is 11.1 Å². The summed E-state index contributed by atoms with van der Waals surface area (Å²) in [6.07, 6.45) is 4.35. The average Bonchev–Trinajstić information content (AvgIpc) is 3.36. The second kappa shape index (κ2) is 9.15. The molecule has 0 bridgehead atoms. The number of hydrogen-bond acceptors (Lipinski definition) is 7. The summed E-state index contributed by atoms with van der Waals surface area (Å²) in [7, 11) is 0. The topological polar surface area (TPSA) is 89.3 Å². The Labute approximate surface area is 191 Å². The van der Waals surface area contributed by atoms with E-state index in [1.807, 2.05) is 0 Å². The molecule has 32 heavy (non-hydrogen) atoms. The van der Waals surface area contributed by atoms with Gasteiger partial charge in [-0.15, -0.1) is 0 Å². The molecule has 1 amide bonds. The van der Waals surface area contributed by atoms with Crippen molar-refractivity contribution in [2.45, 2.75) is 12.1 Å². The van der Waals surface area contributed by atoms with Gasteiger partial charge in [-0.2, -0.15) is 5.10 Å². The molecule has 164 valence electrons. The first-order valence-electron chi connectivity index (χ1n) is 9.30. The maximum Gasteiger partial charge on any atom is 0.263 e. The average molecular weight is 475 g/mol. The molecule has 0 spiro atoms. The Morgan fingerprint density at radius 3 is 2.66 bits per heavy atom. The van der Waals surface area contributed by atoms with Crippen LogP contribution in [0.4, 0.5) is 8.78 Å². The predicted molar refractivity (Wildman–Crippen MR) is 119 cm³/mol. The molecule has 1 fully saturated rings. The number of hydrogen-bond donors (Lipinski definition) is 2. The smallest absolute Gasteiger partial charge is 0.263 e. The molecule has 0 saturated carbocycles. The maximum atomic E-state index is 14.5. The molecule has 1 aliphatic rings. The van der Waals surface area contributed by atoms with Gasteiger partial charge in [0.05, 0.1) is 11.4 Å². The normalized spacial score (nSPS) is 16.8. The van der Waals surface area contributed by atoms with E-state index in [-0.39, 0.29) is 24.6 Å². The fourth-order valence-corrected chi connectivity index (χ4v) is 4.14. The summed E-state index contributed by atoms with van der Waals surface area (Å²) >= 11 is 6.15. The quantitative estimate of drug-likeness (QED) is 0.402. The van der Waals surface area contributed by atoms with Gasteiger partial charge in [-0.3, -0.25) is 4.79 Å². The molecular weight excluding hydrogens is 458 g/mol. The van der Waals surface area contributed by atoms with Crippen LogP contribution in [0.15, 0.2) is 60.0 Å². The third-order valence-corrected chi connectivity index (χ3v) is 5.78. The summed E-state index contributed by atoms with van der Waals surface area (Å²) < 4.78 is 35.3. The van der Waals surface area contributed by atoms with Crippen molar-refractivity contribution in [1.29, 1.82) is 0 Å². The van der Waals surface area contributed by atoms with Gasteiger partial charge in [0.1, 0.15) is 46.6 Å². The van der Waals surface area contributed by atoms with Crippen LogP contribution < -0.4 is 10.1 Å². The van der Waals surface area contributed by atoms with Gasteiger partial charge in [0.25, 0.3) is 5.91 Å². The first kappa shape index (κ1) is 22.1. The Bertz CT molecular complexity index is 1190. The first-order valence-corrected chi connectivity index (χ1v) is 10.5. The molecule has 3 aromatic rings. The molecule has 2 heterocycles. The minimum atomic E-state index is -1.85. The molecule has 2 aromatic carbocycles. The van der Waals surface area contributed by atoms with Gasteiger partial charge in [-0.05, 0) is 29.8 Å². The number of ether oxygens (including phenoxy) is 1. The number of carbonyl (C=O) groups is 1. The van der Waals surface area contributed by atoms with Crippen LogP contribution in [-0.2, 0) is 16.9 Å². The van der Waals surface area contributed by atoms with Crippen molar-refractivity contribution in [3.05, 3.63) is 82.8 Å². The van der Waals surface area contributed by atoms with E-state index >= 15 is 0 Å². The Kier molecular flexibility index (Phi) is 6.31. The molecule has 1 aliphatic heterocycles. The van der Waals surface area contributed by atoms with Crippen molar-refractivity contribution in [3.63, 3.8) is 0 Å². The number of rotatable bonds is 7. The Morgan fingerprint density at radius 2 is 2.03 bits per heavy atom. The molecule has 2 N–H and O–H groups in total. The van der Waals surface area contributed by atoms with Gasteiger partial charge in [0.2, 0.25) is 0 Å². The number of thiocarbonyl (C=S) groups is 1. The lowest BCUT2D eigenvalue weighted by molar-refractivity contribution is -0.115. The lowest BCUT2D eigenvalue weighted by Gasteiger charge is -2.29. The van der Waals surface area contributed by atoms with Gasteiger partial charge in [-0.25, -0.2) is 18.4 Å². The molecule has 1 atom stereocenters.